The van der Waals surface area contributed by atoms with Gasteiger partial charge in [0.1, 0.15) is 6.54 Å². The molecule has 3 rings (SSSR count). The third-order valence-corrected chi connectivity index (χ3v) is 4.27. The number of piperazine rings is 1. The van der Waals surface area contributed by atoms with Crippen molar-refractivity contribution in [1.82, 2.24) is 19.4 Å². The molecule has 1 aromatic carbocycles. The highest BCUT2D eigenvalue weighted by molar-refractivity contribution is 5.76. The molecule has 0 unspecified atom stereocenters. The Bertz CT molecular complexity index is 729. The zero-order valence-electron chi connectivity index (χ0n) is 13.1. The normalized spacial score (nSPS) is 18.8. The standard InChI is InChI=1S/C17H20N4O2/c1-19-10-11-20(12-15(19)14-6-3-2-4-7-14)16(22)13-21-9-5-8-18-17(21)23/h2-9,15H,10-13H2,1H3/t15-/m0/s1. The van der Waals surface area contributed by atoms with Crippen LogP contribution in [-0.4, -0.2) is 51.9 Å². The summed E-state index contributed by atoms with van der Waals surface area (Å²) in [4.78, 5) is 31.9. The molecule has 120 valence electrons. The van der Waals surface area contributed by atoms with E-state index in [1.165, 1.54) is 16.3 Å². The summed E-state index contributed by atoms with van der Waals surface area (Å²) in [6, 6.07) is 12.0. The first kappa shape index (κ1) is 15.4. The van der Waals surface area contributed by atoms with Crippen molar-refractivity contribution in [3.05, 3.63) is 64.8 Å². The fourth-order valence-corrected chi connectivity index (χ4v) is 2.89. The van der Waals surface area contributed by atoms with E-state index in [-0.39, 0.29) is 18.5 Å². The maximum Gasteiger partial charge on any atom is 0.347 e. The summed E-state index contributed by atoms with van der Waals surface area (Å²) in [6.07, 6.45) is 3.03. The van der Waals surface area contributed by atoms with Crippen LogP contribution in [0.1, 0.15) is 11.6 Å². The van der Waals surface area contributed by atoms with Crippen LogP contribution in [0.4, 0.5) is 0 Å². The average Bonchev–Trinajstić information content (AvgIpc) is 2.58. The van der Waals surface area contributed by atoms with Gasteiger partial charge in [0, 0.05) is 32.0 Å². The van der Waals surface area contributed by atoms with Crippen LogP contribution in [0.2, 0.25) is 0 Å². The van der Waals surface area contributed by atoms with Gasteiger partial charge in [-0.25, -0.2) is 9.78 Å². The minimum absolute atomic E-state index is 0.0396. The van der Waals surface area contributed by atoms with Gasteiger partial charge >= 0.3 is 5.69 Å². The topological polar surface area (TPSA) is 58.4 Å². The zero-order chi connectivity index (χ0) is 16.2. The SMILES string of the molecule is CN1CCN(C(=O)Cn2cccnc2=O)C[C@H]1c1ccccc1. The fraction of sp³-hybridized carbons (Fsp3) is 0.353. The van der Waals surface area contributed by atoms with Crippen molar-refractivity contribution in [3.63, 3.8) is 0 Å². The van der Waals surface area contributed by atoms with Crippen LogP contribution in [0.25, 0.3) is 0 Å². The maximum atomic E-state index is 12.5. The second-order valence-corrected chi connectivity index (χ2v) is 5.78. The maximum absolute atomic E-state index is 12.5. The molecule has 1 saturated heterocycles. The van der Waals surface area contributed by atoms with Crippen LogP contribution in [0.15, 0.2) is 53.6 Å². The summed E-state index contributed by atoms with van der Waals surface area (Å²) >= 11 is 0. The van der Waals surface area contributed by atoms with E-state index in [4.69, 9.17) is 0 Å². The lowest BCUT2D eigenvalue weighted by molar-refractivity contribution is -0.134. The Morgan fingerprint density at radius 2 is 2.00 bits per heavy atom. The van der Waals surface area contributed by atoms with E-state index in [0.29, 0.717) is 13.1 Å². The monoisotopic (exact) mass is 312 g/mol. The van der Waals surface area contributed by atoms with Crippen LogP contribution >= 0.6 is 0 Å². The predicted molar refractivity (Wildman–Crippen MR) is 86.9 cm³/mol. The van der Waals surface area contributed by atoms with Crippen molar-refractivity contribution < 1.29 is 4.79 Å². The van der Waals surface area contributed by atoms with Gasteiger partial charge in [-0.1, -0.05) is 30.3 Å². The van der Waals surface area contributed by atoms with Crippen molar-refractivity contribution >= 4 is 5.91 Å². The van der Waals surface area contributed by atoms with E-state index in [1.807, 2.05) is 23.1 Å². The quantitative estimate of drug-likeness (QED) is 0.839. The summed E-state index contributed by atoms with van der Waals surface area (Å²) in [5.41, 5.74) is 0.806. The summed E-state index contributed by atoms with van der Waals surface area (Å²) in [7, 11) is 2.07. The summed E-state index contributed by atoms with van der Waals surface area (Å²) in [5, 5.41) is 0. The van der Waals surface area contributed by atoms with E-state index >= 15 is 0 Å². The summed E-state index contributed by atoms with van der Waals surface area (Å²) in [5.74, 6) is -0.0471. The molecule has 0 saturated carbocycles. The van der Waals surface area contributed by atoms with E-state index in [0.717, 1.165) is 6.54 Å². The molecule has 23 heavy (non-hydrogen) atoms. The first-order valence-corrected chi connectivity index (χ1v) is 7.69. The van der Waals surface area contributed by atoms with Crippen LogP contribution in [0.5, 0.6) is 0 Å². The number of aromatic nitrogens is 2. The minimum Gasteiger partial charge on any atom is -0.338 e. The Hall–Kier alpha value is -2.47. The van der Waals surface area contributed by atoms with Gasteiger partial charge in [0.25, 0.3) is 0 Å². The van der Waals surface area contributed by atoms with Gasteiger partial charge in [0.2, 0.25) is 5.91 Å². The highest BCUT2D eigenvalue weighted by atomic mass is 16.2. The second-order valence-electron chi connectivity index (χ2n) is 5.78. The average molecular weight is 312 g/mol. The number of hydrogen-bond donors (Lipinski definition) is 0. The van der Waals surface area contributed by atoms with Gasteiger partial charge in [0.15, 0.2) is 0 Å². The molecule has 6 nitrogen and oxygen atoms in total. The van der Waals surface area contributed by atoms with E-state index in [9.17, 15) is 9.59 Å². The number of nitrogens with zero attached hydrogens (tertiary/aromatic N) is 4. The molecule has 1 atom stereocenters. The van der Waals surface area contributed by atoms with Gasteiger partial charge in [-0.15, -0.1) is 0 Å². The largest absolute Gasteiger partial charge is 0.347 e. The Morgan fingerprint density at radius 1 is 1.22 bits per heavy atom. The smallest absolute Gasteiger partial charge is 0.338 e. The van der Waals surface area contributed by atoms with Crippen molar-refractivity contribution in [1.29, 1.82) is 0 Å². The fourth-order valence-electron chi connectivity index (χ4n) is 2.89. The van der Waals surface area contributed by atoms with Gasteiger partial charge in [-0.3, -0.25) is 14.3 Å². The highest BCUT2D eigenvalue weighted by Gasteiger charge is 2.28. The number of likely N-dealkylation sites (N-methyl/N-ethyl adjacent to an activating group) is 1. The third-order valence-electron chi connectivity index (χ3n) is 4.27. The second kappa shape index (κ2) is 6.75. The third kappa shape index (κ3) is 3.48. The Balaban J connectivity index is 1.72. The van der Waals surface area contributed by atoms with Crippen LogP contribution < -0.4 is 5.69 Å². The molecule has 1 aliphatic rings. The molecule has 1 fully saturated rings. The predicted octanol–water partition coefficient (Wildman–Crippen LogP) is 0.759. The Labute approximate surface area is 135 Å². The first-order chi connectivity index (χ1) is 11.1. The highest BCUT2D eigenvalue weighted by Crippen LogP contribution is 2.23. The van der Waals surface area contributed by atoms with Crippen LogP contribution in [0, 0.1) is 0 Å². The number of hydrogen-bond acceptors (Lipinski definition) is 4. The molecule has 0 N–H and O–H groups in total. The molecule has 0 spiro atoms. The molecule has 6 heteroatoms. The zero-order valence-corrected chi connectivity index (χ0v) is 13.1. The Morgan fingerprint density at radius 3 is 2.74 bits per heavy atom. The molecule has 0 aliphatic carbocycles. The number of benzene rings is 1. The van der Waals surface area contributed by atoms with Crippen molar-refractivity contribution in [2.75, 3.05) is 26.7 Å². The van der Waals surface area contributed by atoms with Gasteiger partial charge in [-0.05, 0) is 18.7 Å². The molecule has 1 aromatic heterocycles. The van der Waals surface area contributed by atoms with E-state index in [1.54, 1.807) is 12.3 Å². The molecule has 0 radical (unpaired) electrons. The Kier molecular flexibility index (Phi) is 4.52. The van der Waals surface area contributed by atoms with E-state index in [2.05, 4.69) is 29.1 Å². The van der Waals surface area contributed by atoms with Crippen molar-refractivity contribution in [2.45, 2.75) is 12.6 Å². The van der Waals surface area contributed by atoms with Gasteiger partial charge in [-0.2, -0.15) is 0 Å². The van der Waals surface area contributed by atoms with E-state index < -0.39 is 5.69 Å². The number of amides is 1. The molecule has 2 heterocycles. The first-order valence-electron chi connectivity index (χ1n) is 7.69. The molecular formula is C17H20N4O2. The van der Waals surface area contributed by atoms with Crippen molar-refractivity contribution in [2.24, 2.45) is 0 Å². The molecular weight excluding hydrogens is 292 g/mol. The molecule has 2 aromatic rings. The summed E-state index contributed by atoms with van der Waals surface area (Å²) in [6.45, 7) is 2.16. The lowest BCUT2D eigenvalue weighted by atomic mass is 10.0. The van der Waals surface area contributed by atoms with Gasteiger partial charge in [0.05, 0.1) is 6.04 Å². The molecule has 1 aliphatic heterocycles. The number of rotatable bonds is 3. The molecule has 0 bridgehead atoms. The molecule has 1 amide bonds. The summed E-state index contributed by atoms with van der Waals surface area (Å²) < 4.78 is 1.35. The number of carbonyl (C=O) groups excluding carboxylic acids is 1. The number of carbonyl (C=O) groups is 1. The van der Waals surface area contributed by atoms with Crippen molar-refractivity contribution in [3.8, 4) is 0 Å². The lowest BCUT2D eigenvalue weighted by Crippen LogP contribution is -2.50. The lowest BCUT2D eigenvalue weighted by Gasteiger charge is -2.39. The van der Waals surface area contributed by atoms with Crippen LogP contribution in [-0.2, 0) is 11.3 Å². The van der Waals surface area contributed by atoms with Crippen LogP contribution in [0.3, 0.4) is 0 Å². The minimum atomic E-state index is -0.394. The van der Waals surface area contributed by atoms with Gasteiger partial charge < -0.3 is 4.90 Å².